The van der Waals surface area contributed by atoms with Crippen molar-refractivity contribution in [3.63, 3.8) is 0 Å². The average Bonchev–Trinajstić information content (AvgIpc) is 4.07. The summed E-state index contributed by atoms with van der Waals surface area (Å²) in [6.45, 7) is 8.76. The molecule has 0 unspecified atom stereocenters. The van der Waals surface area contributed by atoms with E-state index >= 15 is 0 Å². The number of aryl methyl sites for hydroxylation is 4. The van der Waals surface area contributed by atoms with E-state index in [1.807, 2.05) is 0 Å². The molecule has 13 aromatic rings. The summed E-state index contributed by atoms with van der Waals surface area (Å²) < 4.78 is 26.3. The van der Waals surface area contributed by atoms with Crippen LogP contribution in [0.25, 0.3) is 132 Å². The predicted octanol–water partition coefficient (Wildman–Crippen LogP) is 17.2. The van der Waals surface area contributed by atoms with E-state index in [0.29, 0.717) is 0 Å². The summed E-state index contributed by atoms with van der Waals surface area (Å²) >= 11 is 0. The Morgan fingerprint density at radius 1 is 0.274 bits per heavy atom. The Labute approximate surface area is 356 Å². The van der Waals surface area contributed by atoms with Gasteiger partial charge in [-0.2, -0.15) is 0 Å². The summed E-state index contributed by atoms with van der Waals surface area (Å²) in [5.74, 6) is 0. The van der Waals surface area contributed by atoms with Gasteiger partial charge in [-0.05, 0) is 167 Å². The third kappa shape index (κ3) is 5.07. The molecule has 4 aromatic heterocycles. The second-order valence-corrected chi connectivity index (χ2v) is 17.0. The molecule has 0 N–H and O–H groups in total. The van der Waals surface area contributed by atoms with Gasteiger partial charge >= 0.3 is 0 Å². The molecule has 4 heterocycles. The highest BCUT2D eigenvalue weighted by Gasteiger charge is 2.24. The van der Waals surface area contributed by atoms with E-state index in [-0.39, 0.29) is 0 Å². The maximum absolute atomic E-state index is 6.82. The minimum atomic E-state index is 0.787. The van der Waals surface area contributed by atoms with Crippen molar-refractivity contribution in [2.75, 3.05) is 0 Å². The first-order valence-electron chi connectivity index (χ1n) is 21.2. The highest BCUT2D eigenvalue weighted by Crippen LogP contribution is 2.46. The van der Waals surface area contributed by atoms with Crippen molar-refractivity contribution in [3.05, 3.63) is 180 Å². The number of furan rings is 4. The first kappa shape index (κ1) is 35.0. The molecule has 0 fully saturated rings. The molecule has 0 bridgehead atoms. The number of hydrogen-bond acceptors (Lipinski definition) is 4. The molecule has 62 heavy (non-hydrogen) atoms. The Kier molecular flexibility index (Phi) is 7.25. The maximum Gasteiger partial charge on any atom is 0.178 e. The SMILES string of the molecule is Cc1cc2oc3c4oc5cc(C)c(-c6ccc7oc8ccc(-c9ccccc9)cc8c7c6)cc5c4c(C)c(C)c3c2cc1-c1ccc2oc3ccc(-c4ccccc4)cc3c2c1. The summed E-state index contributed by atoms with van der Waals surface area (Å²) in [6, 6.07) is 56.0. The van der Waals surface area contributed by atoms with Crippen molar-refractivity contribution in [1.82, 2.24) is 0 Å². The van der Waals surface area contributed by atoms with Crippen LogP contribution in [0.4, 0.5) is 0 Å². The molecule has 0 aliphatic heterocycles. The molecule has 0 aliphatic carbocycles. The van der Waals surface area contributed by atoms with Gasteiger partial charge in [0.05, 0.1) is 0 Å². The van der Waals surface area contributed by atoms with E-state index in [0.717, 1.165) is 121 Å². The number of fused-ring (bicyclic) bond motifs is 13. The van der Waals surface area contributed by atoms with Crippen molar-refractivity contribution < 1.29 is 17.7 Å². The fourth-order valence-corrected chi connectivity index (χ4v) is 10.1. The Hall–Kier alpha value is -7.82. The molecule has 0 atom stereocenters. The second kappa shape index (κ2) is 12.8. The van der Waals surface area contributed by atoms with Gasteiger partial charge in [0, 0.05) is 43.1 Å². The van der Waals surface area contributed by atoms with E-state index < -0.39 is 0 Å². The van der Waals surface area contributed by atoms with Crippen LogP contribution in [0.15, 0.2) is 175 Å². The molecule has 13 rings (SSSR count). The van der Waals surface area contributed by atoms with Gasteiger partial charge in [-0.1, -0.05) is 84.9 Å². The minimum Gasteiger partial charge on any atom is -0.456 e. The first-order chi connectivity index (χ1) is 30.3. The summed E-state index contributed by atoms with van der Waals surface area (Å²) in [7, 11) is 0. The predicted molar refractivity (Wildman–Crippen MR) is 256 cm³/mol. The Morgan fingerprint density at radius 3 is 1.02 bits per heavy atom. The van der Waals surface area contributed by atoms with Gasteiger partial charge < -0.3 is 17.7 Å². The van der Waals surface area contributed by atoms with Crippen LogP contribution in [0.1, 0.15) is 22.3 Å². The van der Waals surface area contributed by atoms with Crippen LogP contribution in [-0.2, 0) is 0 Å². The quantitative estimate of drug-likeness (QED) is 0.178. The third-order valence-corrected chi connectivity index (χ3v) is 13.4. The number of rotatable bonds is 4. The van der Waals surface area contributed by atoms with Crippen molar-refractivity contribution in [2.45, 2.75) is 27.7 Å². The Morgan fingerprint density at radius 2 is 0.629 bits per heavy atom. The topological polar surface area (TPSA) is 52.6 Å². The highest BCUT2D eigenvalue weighted by atomic mass is 16.4. The van der Waals surface area contributed by atoms with E-state index in [1.54, 1.807) is 0 Å². The van der Waals surface area contributed by atoms with Gasteiger partial charge in [0.2, 0.25) is 0 Å². The summed E-state index contributed by atoms with van der Waals surface area (Å²) in [5.41, 5.74) is 20.8. The Balaban J connectivity index is 0.948. The molecule has 0 aliphatic rings. The van der Waals surface area contributed by atoms with Crippen molar-refractivity contribution in [1.29, 1.82) is 0 Å². The van der Waals surface area contributed by atoms with Crippen molar-refractivity contribution >= 4 is 87.8 Å². The first-order valence-corrected chi connectivity index (χ1v) is 21.2. The lowest BCUT2D eigenvalue weighted by molar-refractivity contribution is 0.633. The van der Waals surface area contributed by atoms with Crippen LogP contribution < -0.4 is 0 Å². The second-order valence-electron chi connectivity index (χ2n) is 17.0. The van der Waals surface area contributed by atoms with Crippen LogP contribution in [0.5, 0.6) is 0 Å². The maximum atomic E-state index is 6.82. The van der Waals surface area contributed by atoms with Crippen LogP contribution >= 0.6 is 0 Å². The molecule has 0 saturated carbocycles. The molecule has 0 saturated heterocycles. The van der Waals surface area contributed by atoms with Crippen LogP contribution in [0, 0.1) is 27.7 Å². The zero-order chi connectivity index (χ0) is 41.4. The lowest BCUT2D eigenvalue weighted by atomic mass is 9.92. The zero-order valence-electron chi connectivity index (χ0n) is 34.6. The van der Waals surface area contributed by atoms with E-state index in [1.165, 1.54) is 33.4 Å². The summed E-state index contributed by atoms with van der Waals surface area (Å²) in [5, 5.41) is 8.79. The van der Waals surface area contributed by atoms with Gasteiger partial charge in [0.15, 0.2) is 11.2 Å². The number of hydrogen-bond donors (Lipinski definition) is 0. The minimum absolute atomic E-state index is 0.787. The molecule has 0 amide bonds. The van der Waals surface area contributed by atoms with Crippen LogP contribution in [-0.4, -0.2) is 0 Å². The fraction of sp³-hybridized carbons (Fsp3) is 0.0690. The summed E-state index contributed by atoms with van der Waals surface area (Å²) in [6.07, 6.45) is 0. The average molecular weight is 799 g/mol. The molecule has 9 aromatic carbocycles. The monoisotopic (exact) mass is 798 g/mol. The van der Waals surface area contributed by atoms with E-state index in [9.17, 15) is 0 Å². The lowest BCUT2D eigenvalue weighted by Crippen LogP contribution is -1.87. The van der Waals surface area contributed by atoms with Gasteiger partial charge in [0.1, 0.15) is 33.5 Å². The van der Waals surface area contributed by atoms with Crippen LogP contribution in [0.2, 0.25) is 0 Å². The molecule has 0 spiro atoms. The zero-order valence-corrected chi connectivity index (χ0v) is 34.6. The lowest BCUT2D eigenvalue weighted by Gasteiger charge is -2.09. The summed E-state index contributed by atoms with van der Waals surface area (Å²) in [4.78, 5) is 0. The largest absolute Gasteiger partial charge is 0.456 e. The van der Waals surface area contributed by atoms with Gasteiger partial charge in [-0.3, -0.25) is 0 Å². The molecular formula is C58H38O4. The van der Waals surface area contributed by atoms with Crippen molar-refractivity contribution in [3.8, 4) is 44.5 Å². The van der Waals surface area contributed by atoms with Gasteiger partial charge in [0.25, 0.3) is 0 Å². The normalized spacial score (nSPS) is 12.2. The van der Waals surface area contributed by atoms with Gasteiger partial charge in [-0.25, -0.2) is 0 Å². The molecule has 0 radical (unpaired) electrons. The molecule has 4 heteroatoms. The molecule has 4 nitrogen and oxygen atoms in total. The fourth-order valence-electron chi connectivity index (χ4n) is 10.1. The van der Waals surface area contributed by atoms with E-state index in [4.69, 9.17) is 17.7 Å². The molecular weight excluding hydrogens is 761 g/mol. The highest BCUT2D eigenvalue weighted by molar-refractivity contribution is 6.22. The Bertz CT molecular complexity index is 3740. The van der Waals surface area contributed by atoms with Crippen LogP contribution in [0.3, 0.4) is 0 Å². The smallest absolute Gasteiger partial charge is 0.178 e. The standard InChI is InChI=1S/C58H38O4/c1-31-23-53-47(29-41(31)39-17-21-51-45(27-39)43-25-37(15-19-49(43)59-51)35-11-7-5-8-12-35)55-33(3)34(4)56-48-30-42(32(2)24-54(48)62-58(56)57(55)61-53)40-18-22-52-46(28-40)44-26-38(16-20-50(44)60-52)36-13-9-6-10-14-36/h5-30H,1-4H3. The van der Waals surface area contributed by atoms with Gasteiger partial charge in [-0.15, -0.1) is 0 Å². The molecule has 294 valence electrons. The van der Waals surface area contributed by atoms with E-state index in [2.05, 4.69) is 185 Å². The number of benzene rings is 9. The van der Waals surface area contributed by atoms with Crippen molar-refractivity contribution in [2.24, 2.45) is 0 Å². The third-order valence-electron chi connectivity index (χ3n) is 13.4.